The molecule has 0 spiro atoms. The van der Waals surface area contributed by atoms with Crippen LogP contribution in [-0.2, 0) is 6.54 Å². The van der Waals surface area contributed by atoms with E-state index in [2.05, 4.69) is 29.7 Å². The molecule has 1 aliphatic rings. The standard InChI is InChI=1S/C12H19ClN2/c1-3-15-12(6-7-14-15)11-8-10(13)5-4-9(11)2/h6-7,9-11H,3-5,8H2,1-2H3. The van der Waals surface area contributed by atoms with Crippen molar-refractivity contribution >= 4 is 11.6 Å². The minimum atomic E-state index is 0.353. The number of rotatable bonds is 2. The van der Waals surface area contributed by atoms with E-state index in [1.807, 2.05) is 6.20 Å². The average molecular weight is 227 g/mol. The van der Waals surface area contributed by atoms with Crippen LogP contribution < -0.4 is 0 Å². The van der Waals surface area contributed by atoms with Crippen LogP contribution >= 0.6 is 11.6 Å². The van der Waals surface area contributed by atoms with Gasteiger partial charge in [-0.25, -0.2) is 0 Å². The molecule has 15 heavy (non-hydrogen) atoms. The maximum atomic E-state index is 6.26. The summed E-state index contributed by atoms with van der Waals surface area (Å²) in [6.07, 6.45) is 5.42. The van der Waals surface area contributed by atoms with Gasteiger partial charge < -0.3 is 0 Å². The first-order valence-electron chi connectivity index (χ1n) is 5.88. The first-order valence-corrected chi connectivity index (χ1v) is 6.31. The van der Waals surface area contributed by atoms with Gasteiger partial charge in [0.15, 0.2) is 0 Å². The highest BCUT2D eigenvalue weighted by Gasteiger charge is 2.29. The van der Waals surface area contributed by atoms with E-state index < -0.39 is 0 Å². The summed E-state index contributed by atoms with van der Waals surface area (Å²) in [5.74, 6) is 1.34. The van der Waals surface area contributed by atoms with Gasteiger partial charge in [0.25, 0.3) is 0 Å². The van der Waals surface area contributed by atoms with Gasteiger partial charge in [-0.15, -0.1) is 11.6 Å². The lowest BCUT2D eigenvalue weighted by Crippen LogP contribution is -2.24. The number of alkyl halides is 1. The third kappa shape index (κ3) is 2.20. The molecule has 1 heterocycles. The number of hydrogen-bond acceptors (Lipinski definition) is 1. The Balaban J connectivity index is 2.20. The quantitative estimate of drug-likeness (QED) is 0.707. The fraction of sp³-hybridized carbons (Fsp3) is 0.750. The second-order valence-corrected chi connectivity index (χ2v) is 5.18. The van der Waals surface area contributed by atoms with Crippen LogP contribution in [0.2, 0.25) is 0 Å². The zero-order chi connectivity index (χ0) is 10.8. The topological polar surface area (TPSA) is 17.8 Å². The molecule has 0 aliphatic heterocycles. The third-order valence-electron chi connectivity index (χ3n) is 3.56. The Labute approximate surface area is 96.6 Å². The average Bonchev–Trinajstić information content (AvgIpc) is 2.69. The van der Waals surface area contributed by atoms with E-state index in [0.29, 0.717) is 11.3 Å². The van der Waals surface area contributed by atoms with E-state index in [4.69, 9.17) is 11.6 Å². The first-order chi connectivity index (χ1) is 7.22. The van der Waals surface area contributed by atoms with Crippen LogP contribution in [-0.4, -0.2) is 15.2 Å². The molecule has 0 radical (unpaired) electrons. The van der Waals surface area contributed by atoms with Gasteiger partial charge >= 0.3 is 0 Å². The maximum Gasteiger partial charge on any atom is 0.0492 e. The van der Waals surface area contributed by atoms with Crippen LogP contribution in [0.5, 0.6) is 0 Å². The summed E-state index contributed by atoms with van der Waals surface area (Å²) in [6.45, 7) is 5.43. The Morgan fingerprint density at radius 1 is 1.53 bits per heavy atom. The summed E-state index contributed by atoms with van der Waals surface area (Å²) >= 11 is 6.26. The second kappa shape index (κ2) is 4.56. The van der Waals surface area contributed by atoms with Crippen LogP contribution in [0.25, 0.3) is 0 Å². The molecule has 0 aromatic carbocycles. The summed E-state index contributed by atoms with van der Waals surface area (Å²) in [4.78, 5) is 0. The third-order valence-corrected chi connectivity index (χ3v) is 3.96. The Morgan fingerprint density at radius 2 is 2.33 bits per heavy atom. The summed E-state index contributed by atoms with van der Waals surface area (Å²) in [5.41, 5.74) is 1.37. The predicted molar refractivity (Wildman–Crippen MR) is 63.3 cm³/mol. The lowest BCUT2D eigenvalue weighted by atomic mass is 9.78. The fourth-order valence-corrected chi connectivity index (χ4v) is 2.92. The molecule has 1 saturated carbocycles. The van der Waals surface area contributed by atoms with E-state index >= 15 is 0 Å². The Morgan fingerprint density at radius 3 is 3.07 bits per heavy atom. The molecule has 1 fully saturated rings. The second-order valence-electron chi connectivity index (χ2n) is 4.57. The van der Waals surface area contributed by atoms with Crippen molar-refractivity contribution in [3.05, 3.63) is 18.0 Å². The zero-order valence-electron chi connectivity index (χ0n) is 9.49. The molecule has 1 aromatic rings. The van der Waals surface area contributed by atoms with Crippen molar-refractivity contribution in [3.63, 3.8) is 0 Å². The molecule has 84 valence electrons. The molecule has 3 atom stereocenters. The van der Waals surface area contributed by atoms with Gasteiger partial charge in [-0.3, -0.25) is 4.68 Å². The van der Waals surface area contributed by atoms with Crippen LogP contribution in [0.3, 0.4) is 0 Å². The molecular formula is C12H19ClN2. The zero-order valence-corrected chi connectivity index (χ0v) is 10.2. The molecule has 3 unspecified atom stereocenters. The van der Waals surface area contributed by atoms with Crippen molar-refractivity contribution in [2.24, 2.45) is 5.92 Å². The number of nitrogens with zero attached hydrogens (tertiary/aromatic N) is 2. The number of aryl methyl sites for hydroxylation is 1. The van der Waals surface area contributed by atoms with Gasteiger partial charge in [0, 0.05) is 29.7 Å². The Hall–Kier alpha value is -0.500. The minimum Gasteiger partial charge on any atom is -0.270 e. The van der Waals surface area contributed by atoms with Crippen LogP contribution in [0.1, 0.15) is 44.7 Å². The lowest BCUT2D eigenvalue weighted by molar-refractivity contribution is 0.319. The van der Waals surface area contributed by atoms with Gasteiger partial charge in [-0.2, -0.15) is 5.10 Å². The molecule has 2 nitrogen and oxygen atoms in total. The minimum absolute atomic E-state index is 0.353. The number of halogens is 1. The molecule has 1 aliphatic carbocycles. The molecule has 0 bridgehead atoms. The fourth-order valence-electron chi connectivity index (χ4n) is 2.60. The van der Waals surface area contributed by atoms with Crippen molar-refractivity contribution in [1.29, 1.82) is 0 Å². The summed E-state index contributed by atoms with van der Waals surface area (Å²) in [7, 11) is 0. The van der Waals surface area contributed by atoms with Crippen LogP contribution in [0.4, 0.5) is 0 Å². The van der Waals surface area contributed by atoms with Crippen molar-refractivity contribution in [1.82, 2.24) is 9.78 Å². The molecule has 0 saturated heterocycles. The highest BCUT2D eigenvalue weighted by molar-refractivity contribution is 6.20. The maximum absolute atomic E-state index is 6.26. The summed E-state index contributed by atoms with van der Waals surface area (Å²) in [6, 6.07) is 2.15. The first kappa shape index (κ1) is 11.0. The molecule has 1 aromatic heterocycles. The van der Waals surface area contributed by atoms with Gasteiger partial charge in [0.2, 0.25) is 0 Å². The predicted octanol–water partition coefficient (Wildman–Crippen LogP) is 3.41. The Bertz CT molecular complexity index is 321. The highest BCUT2D eigenvalue weighted by atomic mass is 35.5. The van der Waals surface area contributed by atoms with E-state index in [9.17, 15) is 0 Å². The SMILES string of the molecule is CCn1nccc1C1CC(Cl)CCC1C. The molecule has 3 heteroatoms. The van der Waals surface area contributed by atoms with Crippen molar-refractivity contribution in [3.8, 4) is 0 Å². The highest BCUT2D eigenvalue weighted by Crippen LogP contribution is 2.39. The molecular weight excluding hydrogens is 208 g/mol. The van der Waals surface area contributed by atoms with E-state index in [0.717, 1.165) is 18.9 Å². The monoisotopic (exact) mass is 226 g/mol. The van der Waals surface area contributed by atoms with Crippen LogP contribution in [0.15, 0.2) is 12.3 Å². The van der Waals surface area contributed by atoms with Crippen LogP contribution in [0, 0.1) is 5.92 Å². The summed E-state index contributed by atoms with van der Waals surface area (Å²) in [5, 5.41) is 4.70. The van der Waals surface area contributed by atoms with Gasteiger partial charge in [-0.05, 0) is 38.2 Å². The van der Waals surface area contributed by atoms with Crippen molar-refractivity contribution in [2.45, 2.75) is 50.9 Å². The van der Waals surface area contributed by atoms with E-state index in [1.165, 1.54) is 18.5 Å². The molecule has 2 rings (SSSR count). The van der Waals surface area contributed by atoms with E-state index in [1.54, 1.807) is 0 Å². The van der Waals surface area contributed by atoms with Gasteiger partial charge in [0.1, 0.15) is 0 Å². The summed E-state index contributed by atoms with van der Waals surface area (Å²) < 4.78 is 2.11. The van der Waals surface area contributed by atoms with Gasteiger partial charge in [-0.1, -0.05) is 6.92 Å². The number of aromatic nitrogens is 2. The smallest absolute Gasteiger partial charge is 0.0492 e. The largest absolute Gasteiger partial charge is 0.270 e. The normalized spacial score (nSPS) is 31.8. The van der Waals surface area contributed by atoms with E-state index in [-0.39, 0.29) is 0 Å². The van der Waals surface area contributed by atoms with Gasteiger partial charge in [0.05, 0.1) is 0 Å². The molecule has 0 amide bonds. The number of hydrogen-bond donors (Lipinski definition) is 0. The lowest BCUT2D eigenvalue weighted by Gasteiger charge is -2.31. The Kier molecular flexibility index (Phi) is 3.35. The van der Waals surface area contributed by atoms with Crippen molar-refractivity contribution < 1.29 is 0 Å². The molecule has 0 N–H and O–H groups in total. The van der Waals surface area contributed by atoms with Crippen molar-refractivity contribution in [2.75, 3.05) is 0 Å².